The molecule has 0 amide bonds. The van der Waals surface area contributed by atoms with Gasteiger partial charge in [-0.05, 0) is 251 Å². The second-order valence-corrected chi connectivity index (χ2v) is 46.9. The van der Waals surface area contributed by atoms with Gasteiger partial charge in [0.1, 0.15) is 0 Å². The first kappa shape index (κ1) is 101. The molecule has 14 aromatic rings. The Kier molecular flexibility index (Phi) is 33.3. The molecule has 18 rings (SSSR count). The quantitative estimate of drug-likeness (QED) is 0.0164. The van der Waals surface area contributed by atoms with Gasteiger partial charge in [-0.1, -0.05) is 355 Å². The number of benzene rings is 8. The lowest BCUT2D eigenvalue weighted by atomic mass is 9.65. The van der Waals surface area contributed by atoms with Crippen molar-refractivity contribution < 1.29 is 9.59 Å². The van der Waals surface area contributed by atoms with Crippen molar-refractivity contribution in [3.05, 3.63) is 348 Å². The highest BCUT2D eigenvalue weighted by molar-refractivity contribution is 7.37. The van der Waals surface area contributed by atoms with Crippen LogP contribution in [0.4, 0.5) is 0 Å². The van der Waals surface area contributed by atoms with E-state index in [-0.39, 0.29) is 23.0 Å². The fourth-order valence-electron chi connectivity index (χ4n) is 23.4. The van der Waals surface area contributed by atoms with Crippen LogP contribution < -0.4 is 0 Å². The number of fused-ring (bicyclic) bond motifs is 17. The maximum Gasteiger partial charge on any atom is 0.270 e. The number of hydrogen-bond donors (Lipinski definition) is 0. The normalized spacial score (nSPS) is 15.2. The summed E-state index contributed by atoms with van der Waals surface area (Å²) in [5.41, 5.74) is 24.9. The molecular formula is C130H136N4O2S6. The number of nitrogens with zero attached hydrogens (tertiary/aromatic N) is 4. The Labute approximate surface area is 868 Å². The third kappa shape index (κ3) is 20.3. The van der Waals surface area contributed by atoms with E-state index in [1.165, 1.54) is 291 Å². The Balaban J connectivity index is 0.946. The number of unbranched alkanes of at least 4 members (excludes halogenated alkanes) is 24. The topological polar surface area (TPSA) is 90.4 Å². The van der Waals surface area contributed by atoms with Gasteiger partial charge >= 0.3 is 0 Å². The summed E-state index contributed by atoms with van der Waals surface area (Å²) < 4.78 is 7.94. The Morgan fingerprint density at radius 2 is 0.549 bits per heavy atom. The van der Waals surface area contributed by atoms with Crippen LogP contribution in [0.3, 0.4) is 0 Å². The lowest BCUT2D eigenvalue weighted by Crippen LogP contribution is -2.30. The van der Waals surface area contributed by atoms with Crippen molar-refractivity contribution in [3.63, 3.8) is 0 Å². The number of Topliss-reactive ketones (excluding diaryl/α,β-unsaturated/α-hetero) is 2. The summed E-state index contributed by atoms with van der Waals surface area (Å²) in [5, 5.41) is 25.2. The summed E-state index contributed by atoms with van der Waals surface area (Å²) >= 11 is 12.0. The van der Waals surface area contributed by atoms with Gasteiger partial charge in [-0.25, -0.2) is 20.2 Å². The van der Waals surface area contributed by atoms with Crippen LogP contribution in [0.25, 0.3) is 102 Å². The summed E-state index contributed by atoms with van der Waals surface area (Å²) in [4.78, 5) is 45.3. The maximum atomic E-state index is 15.0. The van der Waals surface area contributed by atoms with E-state index in [4.69, 9.17) is 13.1 Å². The van der Waals surface area contributed by atoms with Crippen molar-refractivity contribution in [2.45, 2.75) is 323 Å². The third-order valence-corrected chi connectivity index (χ3v) is 38.1. The smallest absolute Gasteiger partial charge is 0.270 e. The molecule has 0 N–H and O–H groups in total. The second kappa shape index (κ2) is 46.8. The van der Waals surface area contributed by atoms with Gasteiger partial charge in [0.05, 0.1) is 74.4 Å². The number of carbonyl (C=O) groups excluding carboxylic acids is 2. The number of thiophene rings is 6. The zero-order valence-corrected chi connectivity index (χ0v) is 89.7. The number of allylic oxidation sites excluding steroid dienone is 10. The fraction of sp³-hybridized carbons (Fsp3) is 0.385. The standard InChI is InChI=1S/C130H136N4O2S6/c1-11-19-27-35-49-85-65-86(50-36-28-20-12-2)70-97(69-85)129(98-71-87(51-37-29-21-13-3)66-88(72-98)52-38-30-22-14-4)115-121-111(81-101(137-121)61-47-63-103-113(109(83-131)133-9)105-77-93-57-43-45-59-95(93)79-107(105)119(103)135)139-123(115)125-117(129)127-128(141-125)118-126(142-127)124-116(122-112(140-124)82-102(138-122)62-48-64-104-114(110(84-132)134-10)106-78-94-58-44-46-60-96(94)80-108(106)120(104)136)130(118,99-73-89(53-39-31-23-15-5)67-90(74-99)54-40-32-24-16-6)100-75-91(55-41-33-25-17-7)68-92(76-100)56-42-34-26-18-8/h43-48,57-82H,11-42,49-56H2,1-8H3/b61-47+,62-48+,103-63-,104-64-,113-109-,114-110+. The number of rotatable bonds is 48. The molecule has 0 aliphatic heterocycles. The maximum absolute atomic E-state index is 15.0. The fourth-order valence-corrected chi connectivity index (χ4v) is 32.2. The van der Waals surface area contributed by atoms with Crippen molar-refractivity contribution in [1.29, 1.82) is 10.5 Å². The predicted octanol–water partition coefficient (Wildman–Crippen LogP) is 39.5. The van der Waals surface area contributed by atoms with Gasteiger partial charge in [-0.3, -0.25) is 9.59 Å². The van der Waals surface area contributed by atoms with E-state index in [0.717, 1.165) is 134 Å². The Morgan fingerprint density at radius 1 is 0.303 bits per heavy atom. The summed E-state index contributed by atoms with van der Waals surface area (Å²) in [5.74, 6) is -0.352. The Morgan fingerprint density at radius 3 is 0.796 bits per heavy atom. The minimum absolute atomic E-state index is 0.0826. The van der Waals surface area contributed by atoms with E-state index in [1.54, 1.807) is 0 Å². The molecular weight excluding hydrogens is 1840 g/mol. The highest BCUT2D eigenvalue weighted by atomic mass is 32.1. The number of ketones is 2. The molecule has 6 aromatic heterocycles. The molecule has 4 aliphatic carbocycles. The van der Waals surface area contributed by atoms with Crippen molar-refractivity contribution in [2.75, 3.05) is 0 Å². The zero-order valence-electron chi connectivity index (χ0n) is 84.8. The monoisotopic (exact) mass is 1980 g/mol. The van der Waals surface area contributed by atoms with E-state index in [9.17, 15) is 10.5 Å². The average Bonchev–Trinajstić information content (AvgIpc) is 1.47. The lowest BCUT2D eigenvalue weighted by Gasteiger charge is -2.35. The van der Waals surface area contributed by atoms with Gasteiger partial charge in [0.15, 0.2) is 11.6 Å². The third-order valence-electron chi connectivity index (χ3n) is 30.5. The van der Waals surface area contributed by atoms with Crippen LogP contribution in [0.5, 0.6) is 0 Å². The number of nitriles is 2. The molecule has 724 valence electrons. The molecule has 0 radical (unpaired) electrons. The van der Waals surface area contributed by atoms with Crippen LogP contribution in [-0.2, 0) is 62.2 Å². The summed E-state index contributed by atoms with van der Waals surface area (Å²) in [6, 6.07) is 65.6. The van der Waals surface area contributed by atoms with Gasteiger partial charge in [0, 0.05) is 74.8 Å². The summed E-state index contributed by atoms with van der Waals surface area (Å²) in [6.45, 7) is 35.4. The van der Waals surface area contributed by atoms with E-state index in [0.29, 0.717) is 44.5 Å². The molecule has 8 aromatic carbocycles. The van der Waals surface area contributed by atoms with Gasteiger partial charge in [-0.2, -0.15) is 0 Å². The lowest BCUT2D eigenvalue weighted by molar-refractivity contribution is 0.103. The first-order valence-corrected chi connectivity index (χ1v) is 58.9. The average molecular weight is 1980 g/mol. The SMILES string of the molecule is [C-]#[N+]\C(C#N)=C1/C(=C/C=C/c2cc3sc4c(c3s2)C(c2cc(CCCCCC)cc(CCCCCC)c2)(c2cc(CCCCCC)cc(CCCCCC)c2)c2c-4sc3c4c(sc23)-c2sc3cc(/C=C/C=C5\C(=O)c6cc7ccccc7cc6\C5=C(\C#N)[N+]#[C-])sc3c2C4(c2cc(CCCCCC)cc(CCCCCC)c2)c2cc(CCCCCC)cc(CCCCCC)c2)C(=O)c2cc3ccccc3cc21. The molecule has 12 heteroatoms. The Hall–Kier alpha value is -11.0. The number of aryl methyl sites for hydroxylation is 8. The molecule has 142 heavy (non-hydrogen) atoms. The van der Waals surface area contributed by atoms with Crippen molar-refractivity contribution in [1.82, 2.24) is 0 Å². The van der Waals surface area contributed by atoms with Gasteiger partial charge in [0.25, 0.3) is 11.4 Å². The van der Waals surface area contributed by atoms with Gasteiger partial charge in [-0.15, -0.1) is 68.0 Å². The number of hydrogen-bond acceptors (Lipinski definition) is 10. The molecule has 0 spiro atoms. The molecule has 0 bridgehead atoms. The minimum atomic E-state index is -0.809. The van der Waals surface area contributed by atoms with Crippen LogP contribution >= 0.6 is 68.0 Å². The van der Waals surface area contributed by atoms with Crippen LogP contribution in [0.15, 0.2) is 205 Å². The molecule has 0 unspecified atom stereocenters. The van der Waals surface area contributed by atoms with Crippen LogP contribution in [0.2, 0.25) is 0 Å². The molecule has 0 fully saturated rings. The van der Waals surface area contributed by atoms with Crippen molar-refractivity contribution >= 4 is 153 Å². The molecule has 6 nitrogen and oxygen atoms in total. The molecule has 0 saturated carbocycles. The van der Waals surface area contributed by atoms with Crippen LogP contribution in [0.1, 0.15) is 391 Å². The molecule has 4 aliphatic rings. The van der Waals surface area contributed by atoms with Crippen molar-refractivity contribution in [2.24, 2.45) is 0 Å². The Bertz CT molecular complexity index is 6730. The molecule has 0 saturated heterocycles. The first-order chi connectivity index (χ1) is 69.7. The van der Waals surface area contributed by atoms with Gasteiger partial charge in [0.2, 0.25) is 0 Å². The highest BCUT2D eigenvalue weighted by Gasteiger charge is 2.57. The van der Waals surface area contributed by atoms with E-state index >= 15 is 9.59 Å². The largest absolute Gasteiger partial charge is 0.289 e. The summed E-state index contributed by atoms with van der Waals surface area (Å²) in [7, 11) is 0. The number of carbonyl (C=O) groups is 2. The van der Waals surface area contributed by atoms with E-state index in [2.05, 4.69) is 197 Å². The van der Waals surface area contributed by atoms with E-state index < -0.39 is 10.8 Å². The predicted molar refractivity (Wildman–Crippen MR) is 613 cm³/mol. The van der Waals surface area contributed by atoms with Gasteiger partial charge < -0.3 is 0 Å². The van der Waals surface area contributed by atoms with E-state index in [1.807, 2.05) is 142 Å². The highest BCUT2D eigenvalue weighted by Crippen LogP contribution is 2.73. The second-order valence-electron chi connectivity index (χ2n) is 40.6. The molecule has 6 heterocycles. The molecule has 0 atom stereocenters. The van der Waals surface area contributed by atoms with Crippen LogP contribution in [0, 0.1) is 35.8 Å². The minimum Gasteiger partial charge on any atom is -0.289 e. The first-order valence-electron chi connectivity index (χ1n) is 54.0. The van der Waals surface area contributed by atoms with Crippen LogP contribution in [-0.4, -0.2) is 11.6 Å². The summed E-state index contributed by atoms with van der Waals surface area (Å²) in [6.07, 6.45) is 57.9. The zero-order chi connectivity index (χ0) is 98.4. The van der Waals surface area contributed by atoms with Crippen molar-refractivity contribution in [3.8, 4) is 31.6 Å².